The van der Waals surface area contributed by atoms with Crippen molar-refractivity contribution in [1.29, 1.82) is 0 Å². The Morgan fingerprint density at radius 2 is 1.96 bits per heavy atom. The standard InChI is InChI=1S/C14H14F3N5O2S/c1-7(2)25(23,24)22-10-5-8(3-4-9(10)21-13(22)18)11-12(14(15,16)17)20-6-19-11/h3-7H,1-2H3,(H2,18,21)(H,19,20). The van der Waals surface area contributed by atoms with Gasteiger partial charge in [0.25, 0.3) is 0 Å². The first-order valence-electron chi connectivity index (χ1n) is 7.16. The van der Waals surface area contributed by atoms with Crippen molar-refractivity contribution in [3.8, 4) is 11.3 Å². The topological polar surface area (TPSA) is 107 Å². The molecular weight excluding hydrogens is 359 g/mol. The largest absolute Gasteiger partial charge is 0.433 e. The number of halogens is 3. The molecular formula is C14H14F3N5O2S. The van der Waals surface area contributed by atoms with Gasteiger partial charge in [0.1, 0.15) is 11.4 Å². The summed E-state index contributed by atoms with van der Waals surface area (Å²) < 4.78 is 65.0. The minimum atomic E-state index is -4.62. The maximum atomic E-state index is 13.1. The second-order valence-electron chi connectivity index (χ2n) is 5.66. The lowest BCUT2D eigenvalue weighted by molar-refractivity contribution is -0.140. The molecule has 0 atom stereocenters. The number of hydrogen-bond donors (Lipinski definition) is 2. The van der Waals surface area contributed by atoms with Gasteiger partial charge in [-0.05, 0) is 26.0 Å². The molecule has 0 spiro atoms. The Labute approximate surface area is 140 Å². The van der Waals surface area contributed by atoms with E-state index in [4.69, 9.17) is 5.73 Å². The van der Waals surface area contributed by atoms with Crippen molar-refractivity contribution in [3.05, 3.63) is 30.2 Å². The summed E-state index contributed by atoms with van der Waals surface area (Å²) in [7, 11) is -3.84. The van der Waals surface area contributed by atoms with Crippen LogP contribution in [0.25, 0.3) is 22.3 Å². The van der Waals surface area contributed by atoms with Crippen molar-refractivity contribution in [1.82, 2.24) is 18.9 Å². The number of fused-ring (bicyclic) bond motifs is 1. The minimum absolute atomic E-state index is 0.0971. The number of H-pyrrole nitrogens is 1. The Morgan fingerprint density at radius 3 is 2.56 bits per heavy atom. The Kier molecular flexibility index (Phi) is 3.78. The number of hydrogen-bond acceptors (Lipinski definition) is 5. The van der Waals surface area contributed by atoms with Gasteiger partial charge in [-0.2, -0.15) is 13.2 Å². The number of anilines is 1. The van der Waals surface area contributed by atoms with E-state index in [1.165, 1.54) is 32.0 Å². The Bertz CT molecular complexity index is 1050. The number of rotatable bonds is 3. The Balaban J connectivity index is 2.28. The van der Waals surface area contributed by atoms with Crippen molar-refractivity contribution in [2.45, 2.75) is 25.3 Å². The average Bonchev–Trinajstić information content (AvgIpc) is 3.08. The van der Waals surface area contributed by atoms with Gasteiger partial charge in [-0.25, -0.2) is 22.4 Å². The summed E-state index contributed by atoms with van der Waals surface area (Å²) in [5.41, 5.74) is 4.82. The molecule has 7 nitrogen and oxygen atoms in total. The Morgan fingerprint density at radius 1 is 1.28 bits per heavy atom. The first-order valence-corrected chi connectivity index (χ1v) is 8.67. The fraction of sp³-hybridized carbons (Fsp3) is 0.286. The quantitative estimate of drug-likeness (QED) is 0.734. The maximum absolute atomic E-state index is 13.1. The summed E-state index contributed by atoms with van der Waals surface area (Å²) >= 11 is 0. The first kappa shape index (κ1) is 17.3. The lowest BCUT2D eigenvalue weighted by Crippen LogP contribution is -2.23. The lowest BCUT2D eigenvalue weighted by Gasteiger charge is -2.11. The van der Waals surface area contributed by atoms with Crippen molar-refractivity contribution in [2.75, 3.05) is 5.73 Å². The van der Waals surface area contributed by atoms with E-state index in [1.807, 2.05) is 0 Å². The van der Waals surface area contributed by atoms with Gasteiger partial charge in [0.05, 0.1) is 22.6 Å². The van der Waals surface area contributed by atoms with E-state index in [0.29, 0.717) is 0 Å². The molecule has 0 fully saturated rings. The number of alkyl halides is 3. The number of aromatic nitrogens is 4. The fourth-order valence-corrected chi connectivity index (χ4v) is 3.57. The molecule has 0 saturated carbocycles. The van der Waals surface area contributed by atoms with Crippen LogP contribution in [0, 0.1) is 0 Å². The van der Waals surface area contributed by atoms with Crippen LogP contribution in [0.3, 0.4) is 0 Å². The summed E-state index contributed by atoms with van der Waals surface area (Å²) in [5, 5.41) is -0.785. The summed E-state index contributed by atoms with van der Waals surface area (Å²) in [5.74, 6) is -0.251. The van der Waals surface area contributed by atoms with Gasteiger partial charge in [-0.1, -0.05) is 6.07 Å². The van der Waals surface area contributed by atoms with Crippen molar-refractivity contribution >= 4 is 27.0 Å². The van der Waals surface area contributed by atoms with Crippen LogP contribution in [0.1, 0.15) is 19.5 Å². The van der Waals surface area contributed by atoms with Gasteiger partial charge < -0.3 is 10.7 Å². The monoisotopic (exact) mass is 373 g/mol. The van der Waals surface area contributed by atoms with E-state index in [9.17, 15) is 21.6 Å². The number of nitrogens with zero attached hydrogens (tertiary/aromatic N) is 3. The van der Waals surface area contributed by atoms with E-state index < -0.39 is 27.1 Å². The van der Waals surface area contributed by atoms with Crippen LogP contribution in [-0.4, -0.2) is 32.6 Å². The molecule has 0 unspecified atom stereocenters. The van der Waals surface area contributed by atoms with Gasteiger partial charge in [0.15, 0.2) is 0 Å². The van der Waals surface area contributed by atoms with Gasteiger partial charge in [-0.15, -0.1) is 0 Å². The Hall–Kier alpha value is -2.56. The highest BCUT2D eigenvalue weighted by atomic mass is 32.2. The molecule has 11 heteroatoms. The third-order valence-corrected chi connectivity index (χ3v) is 5.77. The lowest BCUT2D eigenvalue weighted by atomic mass is 10.1. The molecule has 0 saturated heterocycles. The van der Waals surface area contributed by atoms with Crippen LogP contribution in [0.2, 0.25) is 0 Å². The summed E-state index contributed by atoms with van der Waals surface area (Å²) in [6, 6.07) is 4.07. The van der Waals surface area contributed by atoms with Gasteiger partial charge in [0.2, 0.25) is 16.0 Å². The average molecular weight is 373 g/mol. The molecule has 3 rings (SSSR count). The highest BCUT2D eigenvalue weighted by Crippen LogP contribution is 2.36. The summed E-state index contributed by atoms with van der Waals surface area (Å²) in [6.07, 6.45) is -3.69. The van der Waals surface area contributed by atoms with Gasteiger partial charge in [0, 0.05) is 5.56 Å². The summed E-state index contributed by atoms with van der Waals surface area (Å²) in [4.78, 5) is 9.73. The van der Waals surface area contributed by atoms with E-state index in [-0.39, 0.29) is 28.2 Å². The maximum Gasteiger partial charge on any atom is 0.433 e. The number of nitrogens with one attached hydrogen (secondary N) is 1. The van der Waals surface area contributed by atoms with Crippen LogP contribution in [0.15, 0.2) is 24.5 Å². The van der Waals surface area contributed by atoms with Crippen LogP contribution < -0.4 is 5.73 Å². The first-order chi connectivity index (χ1) is 11.5. The van der Waals surface area contributed by atoms with Crippen molar-refractivity contribution in [2.24, 2.45) is 0 Å². The smallest absolute Gasteiger partial charge is 0.368 e. The molecule has 0 amide bonds. The molecule has 2 heterocycles. The third kappa shape index (κ3) is 2.73. The molecule has 2 aromatic heterocycles. The van der Waals surface area contributed by atoms with Crippen molar-refractivity contribution < 1.29 is 21.6 Å². The zero-order chi connectivity index (χ0) is 18.6. The molecule has 3 N–H and O–H groups in total. The van der Waals surface area contributed by atoms with Crippen LogP contribution in [0.4, 0.5) is 19.1 Å². The predicted molar refractivity (Wildman–Crippen MR) is 86.2 cm³/mol. The highest BCUT2D eigenvalue weighted by Gasteiger charge is 2.36. The summed E-state index contributed by atoms with van der Waals surface area (Å²) in [6.45, 7) is 2.94. The number of imidazole rings is 2. The van der Waals surface area contributed by atoms with E-state index in [0.717, 1.165) is 10.3 Å². The van der Waals surface area contributed by atoms with Crippen molar-refractivity contribution in [3.63, 3.8) is 0 Å². The SMILES string of the molecule is CC(C)S(=O)(=O)n1c(N)nc2ccc(-c3nc[nH]c3C(F)(F)F)cc21. The van der Waals surface area contributed by atoms with E-state index in [1.54, 1.807) is 0 Å². The van der Waals surface area contributed by atoms with Gasteiger partial charge in [-0.3, -0.25) is 0 Å². The van der Waals surface area contributed by atoms with E-state index >= 15 is 0 Å². The number of benzene rings is 1. The molecule has 25 heavy (non-hydrogen) atoms. The minimum Gasteiger partial charge on any atom is -0.368 e. The molecule has 0 aliphatic carbocycles. The zero-order valence-electron chi connectivity index (χ0n) is 13.2. The fourth-order valence-electron chi connectivity index (χ4n) is 2.43. The molecule has 134 valence electrons. The second-order valence-corrected chi connectivity index (χ2v) is 7.99. The highest BCUT2D eigenvalue weighted by molar-refractivity contribution is 7.90. The number of aromatic amines is 1. The van der Waals surface area contributed by atoms with Gasteiger partial charge >= 0.3 is 6.18 Å². The third-order valence-electron chi connectivity index (χ3n) is 3.68. The molecule has 1 aromatic carbocycles. The molecule has 0 aliphatic heterocycles. The van der Waals surface area contributed by atoms with Crippen LogP contribution in [-0.2, 0) is 16.2 Å². The van der Waals surface area contributed by atoms with Crippen LogP contribution >= 0.6 is 0 Å². The molecule has 0 radical (unpaired) electrons. The normalized spacial score (nSPS) is 13.0. The molecule has 0 bridgehead atoms. The van der Waals surface area contributed by atoms with Crippen LogP contribution in [0.5, 0.6) is 0 Å². The molecule has 0 aliphatic rings. The molecule has 3 aromatic rings. The zero-order valence-corrected chi connectivity index (χ0v) is 14.0. The van der Waals surface area contributed by atoms with E-state index in [2.05, 4.69) is 15.0 Å². The second kappa shape index (κ2) is 5.48. The number of nitrogen functional groups attached to an aromatic ring is 1. The number of nitrogens with two attached hydrogens (primary N) is 1. The predicted octanol–water partition coefficient (Wildman–Crippen LogP) is 2.61.